The van der Waals surface area contributed by atoms with Crippen molar-refractivity contribution in [1.82, 2.24) is 0 Å². The van der Waals surface area contributed by atoms with E-state index in [9.17, 15) is 5.11 Å². The van der Waals surface area contributed by atoms with Gasteiger partial charge in [-0.1, -0.05) is 30.3 Å². The molecule has 2 heteroatoms. The molecule has 2 unspecified atom stereocenters. The van der Waals surface area contributed by atoms with Crippen molar-refractivity contribution >= 4 is 0 Å². The molecule has 0 heterocycles. The smallest absolute Gasteiger partial charge is 0.119 e. The monoisotopic (exact) mass is 296 g/mol. The number of hydrogen-bond acceptors (Lipinski definition) is 2. The summed E-state index contributed by atoms with van der Waals surface area (Å²) in [6.07, 6.45) is 3.67. The van der Waals surface area contributed by atoms with Crippen LogP contribution in [0.15, 0.2) is 42.5 Å². The zero-order valence-corrected chi connectivity index (χ0v) is 13.4. The fourth-order valence-electron chi connectivity index (χ4n) is 3.52. The van der Waals surface area contributed by atoms with Gasteiger partial charge in [-0.15, -0.1) is 0 Å². The second-order valence-electron chi connectivity index (χ2n) is 6.24. The molecule has 2 aromatic rings. The van der Waals surface area contributed by atoms with Gasteiger partial charge in [-0.25, -0.2) is 0 Å². The number of ether oxygens (including phenoxy) is 1. The van der Waals surface area contributed by atoms with Crippen LogP contribution in [0.2, 0.25) is 0 Å². The average Bonchev–Trinajstić information content (AvgIpc) is 2.69. The summed E-state index contributed by atoms with van der Waals surface area (Å²) in [6.45, 7) is 1.87. The van der Waals surface area contributed by atoms with Crippen LogP contribution in [-0.4, -0.2) is 18.3 Å². The van der Waals surface area contributed by atoms with Crippen LogP contribution in [-0.2, 0) is 12.8 Å². The Kier molecular flexibility index (Phi) is 4.49. The molecule has 2 aromatic carbocycles. The van der Waals surface area contributed by atoms with Gasteiger partial charge in [0.1, 0.15) is 5.75 Å². The second kappa shape index (κ2) is 6.53. The van der Waals surface area contributed by atoms with Gasteiger partial charge in [-0.3, -0.25) is 0 Å². The van der Waals surface area contributed by atoms with Gasteiger partial charge in [0.05, 0.1) is 13.2 Å². The van der Waals surface area contributed by atoms with Gasteiger partial charge < -0.3 is 9.84 Å². The van der Waals surface area contributed by atoms with Crippen molar-refractivity contribution < 1.29 is 9.84 Å². The summed E-state index contributed by atoms with van der Waals surface area (Å²) < 4.78 is 5.39. The maximum absolute atomic E-state index is 9.71. The second-order valence-corrected chi connectivity index (χ2v) is 6.24. The minimum Gasteiger partial charge on any atom is -0.497 e. The molecule has 0 radical (unpaired) electrons. The molecule has 1 N–H and O–H groups in total. The lowest BCUT2D eigenvalue weighted by Crippen LogP contribution is -2.08. The highest BCUT2D eigenvalue weighted by Crippen LogP contribution is 2.38. The van der Waals surface area contributed by atoms with Crippen LogP contribution in [0, 0.1) is 0 Å². The third kappa shape index (κ3) is 3.02. The Morgan fingerprint density at radius 3 is 2.59 bits per heavy atom. The quantitative estimate of drug-likeness (QED) is 0.921. The van der Waals surface area contributed by atoms with Crippen molar-refractivity contribution in [1.29, 1.82) is 0 Å². The van der Waals surface area contributed by atoms with Crippen molar-refractivity contribution in [2.24, 2.45) is 0 Å². The molecule has 1 aliphatic rings. The molecule has 0 spiro atoms. The maximum atomic E-state index is 9.71. The molecule has 2 atom stereocenters. The lowest BCUT2D eigenvalue weighted by Gasteiger charge is -2.21. The fraction of sp³-hybridized carbons (Fsp3) is 0.400. The van der Waals surface area contributed by atoms with Crippen molar-refractivity contribution in [3.05, 3.63) is 64.7 Å². The highest BCUT2D eigenvalue weighted by Gasteiger charge is 2.23. The summed E-state index contributed by atoms with van der Waals surface area (Å²) >= 11 is 0. The first-order chi connectivity index (χ1) is 10.7. The number of rotatable bonds is 4. The zero-order valence-electron chi connectivity index (χ0n) is 13.4. The summed E-state index contributed by atoms with van der Waals surface area (Å²) in [5.41, 5.74) is 5.64. The topological polar surface area (TPSA) is 29.5 Å². The zero-order chi connectivity index (χ0) is 15.5. The largest absolute Gasteiger partial charge is 0.497 e. The number of aryl methyl sites for hydroxylation is 2. The molecule has 3 rings (SSSR count). The first-order valence-electron chi connectivity index (χ1n) is 8.11. The molecule has 116 valence electrons. The van der Waals surface area contributed by atoms with Crippen molar-refractivity contribution in [2.45, 2.75) is 44.6 Å². The lowest BCUT2D eigenvalue weighted by atomic mass is 9.84. The van der Waals surface area contributed by atoms with Crippen LogP contribution in [0.25, 0.3) is 0 Å². The summed E-state index contributed by atoms with van der Waals surface area (Å²) in [5.74, 6) is 1.30. The van der Waals surface area contributed by atoms with E-state index in [-0.39, 0.29) is 6.10 Å². The number of fused-ring (bicyclic) bond motifs is 2. The molecule has 0 aliphatic heterocycles. The normalized spacial score (nSPS) is 18.0. The van der Waals surface area contributed by atoms with Gasteiger partial charge in [0, 0.05) is 5.92 Å². The summed E-state index contributed by atoms with van der Waals surface area (Å²) in [5, 5.41) is 9.71. The van der Waals surface area contributed by atoms with Gasteiger partial charge in [0.15, 0.2) is 0 Å². The molecule has 0 bridgehead atoms. The van der Waals surface area contributed by atoms with Crippen molar-refractivity contribution in [3.63, 3.8) is 0 Å². The standard InChI is InChI=1S/C20H24O2/c1-14(21)7-11-20-18-6-4-3-5-15(18)8-9-16-13-17(22-2)10-12-19(16)20/h3-6,10,12-14,20-21H,7-9,11H2,1-2H3. The number of aliphatic hydroxyl groups is 1. The third-order valence-electron chi connectivity index (χ3n) is 4.69. The Balaban J connectivity index is 2.04. The molecular formula is C20H24O2. The van der Waals surface area contributed by atoms with Gasteiger partial charge in [0.2, 0.25) is 0 Å². The van der Waals surface area contributed by atoms with Crippen molar-refractivity contribution in [2.75, 3.05) is 7.11 Å². The van der Waals surface area contributed by atoms with E-state index in [0.717, 1.165) is 31.4 Å². The first kappa shape index (κ1) is 15.1. The lowest BCUT2D eigenvalue weighted by molar-refractivity contribution is 0.180. The van der Waals surface area contributed by atoms with E-state index in [1.54, 1.807) is 7.11 Å². The molecular weight excluding hydrogens is 272 g/mol. The predicted octanol–water partition coefficient (Wildman–Crippen LogP) is 4.09. The van der Waals surface area contributed by atoms with Crippen molar-refractivity contribution in [3.8, 4) is 5.75 Å². The van der Waals surface area contributed by atoms with E-state index in [0.29, 0.717) is 5.92 Å². The molecule has 1 aliphatic carbocycles. The Hall–Kier alpha value is -1.80. The van der Waals surface area contributed by atoms with Gasteiger partial charge in [0.25, 0.3) is 0 Å². The van der Waals surface area contributed by atoms with Crippen LogP contribution in [0.1, 0.15) is 47.9 Å². The Bertz CT molecular complexity index is 646. The van der Waals surface area contributed by atoms with Crippen LogP contribution in [0.3, 0.4) is 0 Å². The van der Waals surface area contributed by atoms with E-state index in [2.05, 4.69) is 42.5 Å². The molecule has 0 saturated heterocycles. The third-order valence-corrected chi connectivity index (χ3v) is 4.69. The van der Waals surface area contributed by atoms with E-state index < -0.39 is 0 Å². The number of aliphatic hydroxyl groups excluding tert-OH is 1. The fourth-order valence-corrected chi connectivity index (χ4v) is 3.52. The van der Waals surface area contributed by atoms with Crippen LogP contribution in [0.5, 0.6) is 5.75 Å². The highest BCUT2D eigenvalue weighted by molar-refractivity contribution is 5.47. The van der Waals surface area contributed by atoms with Crippen LogP contribution >= 0.6 is 0 Å². The number of methoxy groups -OCH3 is 1. The van der Waals surface area contributed by atoms with E-state index >= 15 is 0 Å². The summed E-state index contributed by atoms with van der Waals surface area (Å²) in [6, 6.07) is 15.2. The molecule has 0 amide bonds. The first-order valence-corrected chi connectivity index (χ1v) is 8.11. The SMILES string of the molecule is COc1ccc2c(c1)CCc1ccccc1C2CCC(C)O. The van der Waals surface area contributed by atoms with Gasteiger partial charge >= 0.3 is 0 Å². The molecule has 0 fully saturated rings. The minimum absolute atomic E-state index is 0.253. The molecule has 0 aromatic heterocycles. The van der Waals surface area contributed by atoms with E-state index in [1.165, 1.54) is 22.3 Å². The van der Waals surface area contributed by atoms with Gasteiger partial charge in [-0.05, 0) is 67.0 Å². The van der Waals surface area contributed by atoms with Crippen LogP contribution < -0.4 is 4.74 Å². The Labute approximate surface area is 132 Å². The number of hydrogen-bond donors (Lipinski definition) is 1. The Morgan fingerprint density at radius 2 is 1.82 bits per heavy atom. The Morgan fingerprint density at radius 1 is 1.09 bits per heavy atom. The maximum Gasteiger partial charge on any atom is 0.119 e. The minimum atomic E-state index is -0.253. The molecule has 0 saturated carbocycles. The van der Waals surface area contributed by atoms with E-state index in [1.807, 2.05) is 6.92 Å². The molecule has 22 heavy (non-hydrogen) atoms. The summed E-state index contributed by atoms with van der Waals surface area (Å²) in [7, 11) is 1.72. The number of benzene rings is 2. The summed E-state index contributed by atoms with van der Waals surface area (Å²) in [4.78, 5) is 0. The van der Waals surface area contributed by atoms with Crippen LogP contribution in [0.4, 0.5) is 0 Å². The highest BCUT2D eigenvalue weighted by atomic mass is 16.5. The molecule has 2 nitrogen and oxygen atoms in total. The van der Waals surface area contributed by atoms with E-state index in [4.69, 9.17) is 4.74 Å². The van der Waals surface area contributed by atoms with Gasteiger partial charge in [-0.2, -0.15) is 0 Å². The predicted molar refractivity (Wildman–Crippen MR) is 89.6 cm³/mol. The average molecular weight is 296 g/mol.